The highest BCUT2D eigenvalue weighted by Gasteiger charge is 2.38. The molecule has 1 aliphatic rings. The van der Waals surface area contributed by atoms with Gasteiger partial charge in [0.05, 0.1) is 46.4 Å². The summed E-state index contributed by atoms with van der Waals surface area (Å²) in [5.41, 5.74) is 5.86. The van der Waals surface area contributed by atoms with Gasteiger partial charge in [-0.3, -0.25) is 4.79 Å². The average molecular weight is 397 g/mol. The van der Waals surface area contributed by atoms with Gasteiger partial charge in [-0.15, -0.1) is 0 Å². The molecule has 1 aromatic heterocycles. The van der Waals surface area contributed by atoms with Gasteiger partial charge in [0.25, 0.3) is 5.91 Å². The van der Waals surface area contributed by atoms with Crippen LogP contribution in [0.25, 0.3) is 11.3 Å². The second-order valence-electron chi connectivity index (χ2n) is 7.40. The second-order valence-corrected chi connectivity index (χ2v) is 7.40. The standard InChI is InChI=1S/C20H20FN5O3/c1-20(2,3)29-19(28)26-10-15-17(18(26)27)14(25-23-4)8-13(24-15)16-11(9-22)6-5-7-12(16)21/h5-8,23H,10H2,1-4H3,(H,24,25). The molecule has 2 amide bonds. The zero-order chi connectivity index (χ0) is 21.3. The van der Waals surface area contributed by atoms with Crippen molar-refractivity contribution in [3.63, 3.8) is 0 Å². The van der Waals surface area contributed by atoms with Crippen molar-refractivity contribution in [2.75, 3.05) is 12.5 Å². The number of carbonyl (C=O) groups excluding carboxylic acids is 2. The molecule has 0 unspecified atom stereocenters. The number of rotatable bonds is 3. The molecule has 0 spiro atoms. The molecule has 0 aliphatic carbocycles. The smallest absolute Gasteiger partial charge is 0.417 e. The van der Waals surface area contributed by atoms with Crippen LogP contribution in [0.2, 0.25) is 0 Å². The maximum Gasteiger partial charge on any atom is 0.417 e. The summed E-state index contributed by atoms with van der Waals surface area (Å²) in [4.78, 5) is 30.6. The van der Waals surface area contributed by atoms with Gasteiger partial charge in [-0.1, -0.05) is 6.07 Å². The van der Waals surface area contributed by atoms with Crippen molar-refractivity contribution < 1.29 is 18.7 Å². The maximum atomic E-state index is 14.5. The summed E-state index contributed by atoms with van der Waals surface area (Å²) in [7, 11) is 1.60. The molecule has 2 N–H and O–H groups in total. The van der Waals surface area contributed by atoms with Crippen molar-refractivity contribution in [1.82, 2.24) is 15.3 Å². The van der Waals surface area contributed by atoms with Crippen LogP contribution in [0.4, 0.5) is 14.9 Å². The van der Waals surface area contributed by atoms with Gasteiger partial charge >= 0.3 is 6.09 Å². The van der Waals surface area contributed by atoms with Crippen LogP contribution in [0.1, 0.15) is 42.4 Å². The summed E-state index contributed by atoms with van der Waals surface area (Å²) in [6.45, 7) is 4.98. The van der Waals surface area contributed by atoms with E-state index in [1.165, 1.54) is 24.3 Å². The van der Waals surface area contributed by atoms with Gasteiger partial charge in [0.1, 0.15) is 11.4 Å². The van der Waals surface area contributed by atoms with Crippen molar-refractivity contribution >= 4 is 17.7 Å². The molecule has 2 heterocycles. The van der Waals surface area contributed by atoms with Crippen LogP contribution in [0, 0.1) is 17.1 Å². The number of amides is 2. The van der Waals surface area contributed by atoms with Crippen molar-refractivity contribution in [1.29, 1.82) is 5.26 Å². The third-order valence-corrected chi connectivity index (χ3v) is 4.13. The van der Waals surface area contributed by atoms with Crippen LogP contribution in [0.15, 0.2) is 24.3 Å². The highest BCUT2D eigenvalue weighted by Crippen LogP contribution is 2.34. The number of halogens is 1. The van der Waals surface area contributed by atoms with Crippen molar-refractivity contribution in [3.8, 4) is 17.3 Å². The van der Waals surface area contributed by atoms with Crippen molar-refractivity contribution in [2.24, 2.45) is 0 Å². The Balaban J connectivity index is 2.10. The largest absolute Gasteiger partial charge is 0.443 e. The number of nitriles is 1. The number of carbonyl (C=O) groups is 2. The minimum absolute atomic E-state index is 0.0279. The van der Waals surface area contributed by atoms with Crippen LogP contribution < -0.4 is 10.9 Å². The lowest BCUT2D eigenvalue weighted by Crippen LogP contribution is -2.37. The molecule has 8 nitrogen and oxygen atoms in total. The number of hydrazine groups is 1. The van der Waals surface area contributed by atoms with E-state index in [4.69, 9.17) is 4.74 Å². The number of nitrogens with one attached hydrogen (secondary N) is 2. The van der Waals surface area contributed by atoms with Gasteiger partial charge in [0.2, 0.25) is 0 Å². The predicted molar refractivity (Wildman–Crippen MR) is 103 cm³/mol. The fraction of sp³-hybridized carbons (Fsp3) is 0.300. The summed E-state index contributed by atoms with van der Waals surface area (Å²) in [5, 5.41) is 9.34. The van der Waals surface area contributed by atoms with Crippen LogP contribution in [0.3, 0.4) is 0 Å². The Morgan fingerprint density at radius 2 is 2.07 bits per heavy atom. The zero-order valence-corrected chi connectivity index (χ0v) is 16.5. The van der Waals surface area contributed by atoms with Gasteiger partial charge in [-0.2, -0.15) is 5.26 Å². The Morgan fingerprint density at radius 3 is 2.69 bits per heavy atom. The molecule has 0 saturated carbocycles. The molecule has 2 aromatic rings. The van der Waals surface area contributed by atoms with E-state index in [2.05, 4.69) is 15.8 Å². The molecule has 0 radical (unpaired) electrons. The number of ether oxygens (including phenoxy) is 1. The second kappa shape index (κ2) is 7.48. The van der Waals surface area contributed by atoms with E-state index in [0.717, 1.165) is 4.90 Å². The Kier molecular flexibility index (Phi) is 5.22. The topological polar surface area (TPSA) is 107 Å². The van der Waals surface area contributed by atoms with E-state index in [9.17, 15) is 19.2 Å². The number of hydrogen-bond donors (Lipinski definition) is 2. The fourth-order valence-corrected chi connectivity index (χ4v) is 3.01. The number of anilines is 1. The van der Waals surface area contributed by atoms with Gasteiger partial charge < -0.3 is 10.2 Å². The molecule has 0 saturated heterocycles. The SMILES string of the molecule is CNNc1cc(-c2c(F)cccc2C#N)nc2c1C(=O)N(C(=O)OC(C)(C)C)C2. The lowest BCUT2D eigenvalue weighted by atomic mass is 10.0. The zero-order valence-electron chi connectivity index (χ0n) is 16.5. The van der Waals surface area contributed by atoms with Crippen molar-refractivity contribution in [2.45, 2.75) is 32.9 Å². The Bertz CT molecular complexity index is 1040. The van der Waals surface area contributed by atoms with Crippen molar-refractivity contribution in [3.05, 3.63) is 46.9 Å². The number of fused-ring (bicyclic) bond motifs is 1. The van der Waals surface area contributed by atoms with E-state index in [1.807, 2.05) is 6.07 Å². The van der Waals surface area contributed by atoms with Gasteiger partial charge in [-0.05, 0) is 39.0 Å². The summed E-state index contributed by atoms with van der Waals surface area (Å²) in [5.74, 6) is -1.18. The number of imide groups is 1. The maximum absolute atomic E-state index is 14.5. The molecule has 0 atom stereocenters. The molecular weight excluding hydrogens is 377 g/mol. The number of pyridine rings is 1. The number of hydrogen-bond acceptors (Lipinski definition) is 7. The van der Waals surface area contributed by atoms with E-state index < -0.39 is 23.4 Å². The minimum Gasteiger partial charge on any atom is -0.443 e. The minimum atomic E-state index is -0.791. The van der Waals surface area contributed by atoms with Crippen LogP contribution in [-0.4, -0.2) is 34.5 Å². The molecule has 0 bridgehead atoms. The Morgan fingerprint density at radius 1 is 1.34 bits per heavy atom. The molecule has 1 aliphatic heterocycles. The summed E-state index contributed by atoms with van der Waals surface area (Å²) in [6.07, 6.45) is -0.791. The fourth-order valence-electron chi connectivity index (χ4n) is 3.01. The molecular formula is C20H20FN5O3. The number of nitrogens with zero attached hydrogens (tertiary/aromatic N) is 3. The third-order valence-electron chi connectivity index (χ3n) is 4.13. The quantitative estimate of drug-likeness (QED) is 0.766. The first-order chi connectivity index (χ1) is 13.7. The highest BCUT2D eigenvalue weighted by molar-refractivity contribution is 6.10. The lowest BCUT2D eigenvalue weighted by molar-refractivity contribution is 0.0247. The molecule has 1 aromatic carbocycles. The predicted octanol–water partition coefficient (Wildman–Crippen LogP) is 3.20. The molecule has 0 fully saturated rings. The van der Waals surface area contributed by atoms with E-state index in [0.29, 0.717) is 5.69 Å². The lowest BCUT2D eigenvalue weighted by Gasteiger charge is -2.23. The number of aromatic nitrogens is 1. The Hall–Kier alpha value is -3.51. The Labute approximate surface area is 167 Å². The molecule has 3 rings (SSSR count). The van der Waals surface area contributed by atoms with Crippen LogP contribution >= 0.6 is 0 Å². The summed E-state index contributed by atoms with van der Waals surface area (Å²) < 4.78 is 19.8. The van der Waals surface area contributed by atoms with Gasteiger partial charge in [-0.25, -0.2) is 24.5 Å². The summed E-state index contributed by atoms with van der Waals surface area (Å²) in [6, 6.07) is 7.56. The number of benzene rings is 1. The van der Waals surface area contributed by atoms with Gasteiger partial charge in [0, 0.05) is 7.05 Å². The first-order valence-electron chi connectivity index (χ1n) is 8.86. The van der Waals surface area contributed by atoms with E-state index in [1.54, 1.807) is 27.8 Å². The first-order valence-corrected chi connectivity index (χ1v) is 8.86. The average Bonchev–Trinajstić information content (AvgIpc) is 2.97. The third kappa shape index (κ3) is 3.88. The summed E-state index contributed by atoms with van der Waals surface area (Å²) >= 11 is 0. The molecule has 150 valence electrons. The first kappa shape index (κ1) is 20.2. The highest BCUT2D eigenvalue weighted by atomic mass is 19.1. The van der Waals surface area contributed by atoms with E-state index in [-0.39, 0.29) is 34.6 Å². The van der Waals surface area contributed by atoms with Crippen LogP contribution in [-0.2, 0) is 11.3 Å². The monoisotopic (exact) mass is 397 g/mol. The van der Waals surface area contributed by atoms with Crippen LogP contribution in [0.5, 0.6) is 0 Å². The molecule has 9 heteroatoms. The normalized spacial score (nSPS) is 13.1. The molecule has 29 heavy (non-hydrogen) atoms. The van der Waals surface area contributed by atoms with Gasteiger partial charge in [0.15, 0.2) is 0 Å². The van der Waals surface area contributed by atoms with E-state index >= 15 is 0 Å².